The van der Waals surface area contributed by atoms with Crippen molar-refractivity contribution in [2.45, 2.75) is 32.7 Å². The van der Waals surface area contributed by atoms with Crippen LogP contribution in [0.5, 0.6) is 0 Å². The summed E-state index contributed by atoms with van der Waals surface area (Å²) < 4.78 is 1.51. The fourth-order valence-corrected chi connectivity index (χ4v) is 2.11. The van der Waals surface area contributed by atoms with Gasteiger partial charge in [-0.25, -0.2) is 4.68 Å². The topological polar surface area (TPSA) is 34.9 Å². The van der Waals surface area contributed by atoms with Crippen LogP contribution in [0.25, 0.3) is 11.3 Å². The summed E-state index contributed by atoms with van der Waals surface area (Å²) in [7, 11) is 0. The van der Waals surface area contributed by atoms with Gasteiger partial charge in [-0.1, -0.05) is 36.8 Å². The van der Waals surface area contributed by atoms with Gasteiger partial charge in [-0.15, -0.1) is 11.6 Å². The van der Waals surface area contributed by atoms with Crippen molar-refractivity contribution in [3.05, 3.63) is 51.8 Å². The van der Waals surface area contributed by atoms with Gasteiger partial charge in [-0.2, -0.15) is 5.10 Å². The Morgan fingerprint density at radius 2 is 1.95 bits per heavy atom. The molecule has 2 aromatic rings. The Morgan fingerprint density at radius 1 is 1.26 bits per heavy atom. The number of benzene rings is 1. The Kier molecular flexibility index (Phi) is 4.38. The minimum absolute atomic E-state index is 0.0901. The number of hydrogen-bond acceptors (Lipinski definition) is 2. The molecule has 4 heteroatoms. The molecule has 0 aliphatic rings. The van der Waals surface area contributed by atoms with E-state index in [0.717, 1.165) is 17.7 Å². The van der Waals surface area contributed by atoms with E-state index in [1.165, 1.54) is 10.2 Å². The standard InChI is InChI=1S/C15H17ClN2O/c1-3-8-18-15(19)13(10-16)9-14(17-18)12-6-4-11(2)5-7-12/h4-7,9H,3,8,10H2,1-2H3. The van der Waals surface area contributed by atoms with Crippen LogP contribution in [0.15, 0.2) is 35.1 Å². The minimum Gasteiger partial charge on any atom is -0.267 e. The zero-order valence-electron chi connectivity index (χ0n) is 11.2. The van der Waals surface area contributed by atoms with Gasteiger partial charge >= 0.3 is 0 Å². The molecule has 2 rings (SSSR count). The van der Waals surface area contributed by atoms with Gasteiger partial charge in [-0.3, -0.25) is 4.79 Å². The maximum Gasteiger partial charge on any atom is 0.271 e. The summed E-state index contributed by atoms with van der Waals surface area (Å²) in [5, 5.41) is 4.42. The van der Waals surface area contributed by atoms with Crippen molar-refractivity contribution >= 4 is 11.6 Å². The van der Waals surface area contributed by atoms with Crippen molar-refractivity contribution in [1.82, 2.24) is 9.78 Å². The molecule has 0 unspecified atom stereocenters. The molecule has 19 heavy (non-hydrogen) atoms. The van der Waals surface area contributed by atoms with Crippen molar-refractivity contribution in [3.63, 3.8) is 0 Å². The third kappa shape index (κ3) is 3.04. The van der Waals surface area contributed by atoms with E-state index in [9.17, 15) is 4.79 Å². The molecule has 1 heterocycles. The molecule has 0 radical (unpaired) electrons. The van der Waals surface area contributed by atoms with Gasteiger partial charge in [-0.05, 0) is 19.4 Å². The maximum atomic E-state index is 12.0. The molecular weight excluding hydrogens is 260 g/mol. The third-order valence-electron chi connectivity index (χ3n) is 2.98. The number of hydrogen-bond donors (Lipinski definition) is 0. The fraction of sp³-hybridized carbons (Fsp3) is 0.333. The molecule has 0 atom stereocenters. The Hall–Kier alpha value is -1.61. The van der Waals surface area contributed by atoms with E-state index in [1.54, 1.807) is 6.07 Å². The van der Waals surface area contributed by atoms with Crippen LogP contribution < -0.4 is 5.56 Å². The predicted octanol–water partition coefficient (Wildman–Crippen LogP) is 3.37. The van der Waals surface area contributed by atoms with Crippen LogP contribution in [-0.4, -0.2) is 9.78 Å². The Labute approximate surface area is 117 Å². The maximum absolute atomic E-state index is 12.0. The highest BCUT2D eigenvalue weighted by Crippen LogP contribution is 2.17. The lowest BCUT2D eigenvalue weighted by Crippen LogP contribution is -2.26. The number of nitrogens with zero attached hydrogens (tertiary/aromatic N) is 2. The van der Waals surface area contributed by atoms with Gasteiger partial charge in [0.05, 0.1) is 11.6 Å². The number of alkyl halides is 1. The third-order valence-corrected chi connectivity index (χ3v) is 3.26. The number of rotatable bonds is 4. The molecule has 0 spiro atoms. The summed E-state index contributed by atoms with van der Waals surface area (Å²) in [4.78, 5) is 12.0. The zero-order chi connectivity index (χ0) is 13.8. The van der Waals surface area contributed by atoms with Gasteiger partial charge in [0.2, 0.25) is 0 Å². The number of aromatic nitrogens is 2. The average molecular weight is 277 g/mol. The second-order valence-electron chi connectivity index (χ2n) is 4.58. The lowest BCUT2D eigenvalue weighted by atomic mass is 10.1. The van der Waals surface area contributed by atoms with Crippen molar-refractivity contribution in [2.24, 2.45) is 0 Å². The van der Waals surface area contributed by atoms with Gasteiger partial charge in [0, 0.05) is 17.7 Å². The van der Waals surface area contributed by atoms with Gasteiger partial charge in [0.25, 0.3) is 5.56 Å². The van der Waals surface area contributed by atoms with Gasteiger partial charge in [0.15, 0.2) is 0 Å². The van der Waals surface area contributed by atoms with E-state index >= 15 is 0 Å². The van der Waals surface area contributed by atoms with Gasteiger partial charge in [0.1, 0.15) is 0 Å². The number of aryl methyl sites for hydroxylation is 2. The van der Waals surface area contributed by atoms with E-state index in [4.69, 9.17) is 11.6 Å². The molecule has 0 bridgehead atoms. The predicted molar refractivity (Wildman–Crippen MR) is 78.5 cm³/mol. The lowest BCUT2D eigenvalue weighted by molar-refractivity contribution is 0.567. The minimum atomic E-state index is -0.0901. The molecule has 1 aromatic heterocycles. The van der Waals surface area contributed by atoms with Gasteiger partial charge < -0.3 is 0 Å². The summed E-state index contributed by atoms with van der Waals surface area (Å²) in [6.07, 6.45) is 0.867. The first kappa shape index (κ1) is 13.8. The summed E-state index contributed by atoms with van der Waals surface area (Å²) in [5.74, 6) is 0.212. The second kappa shape index (κ2) is 6.02. The van der Waals surface area contributed by atoms with Crippen LogP contribution in [0.3, 0.4) is 0 Å². The molecule has 3 nitrogen and oxygen atoms in total. The van der Waals surface area contributed by atoms with Crippen molar-refractivity contribution in [2.75, 3.05) is 0 Å². The number of halogens is 1. The Bertz CT molecular complexity index is 617. The van der Waals surface area contributed by atoms with Crippen LogP contribution in [-0.2, 0) is 12.4 Å². The molecule has 0 aliphatic heterocycles. The molecule has 0 amide bonds. The molecule has 0 aliphatic carbocycles. The normalized spacial score (nSPS) is 10.7. The first-order chi connectivity index (χ1) is 9.15. The lowest BCUT2D eigenvalue weighted by Gasteiger charge is -2.09. The second-order valence-corrected chi connectivity index (χ2v) is 4.85. The molecule has 0 fully saturated rings. The van der Waals surface area contributed by atoms with Crippen LogP contribution in [0.2, 0.25) is 0 Å². The van der Waals surface area contributed by atoms with Crippen molar-refractivity contribution in [3.8, 4) is 11.3 Å². The van der Waals surface area contributed by atoms with E-state index in [0.29, 0.717) is 12.1 Å². The molecule has 0 N–H and O–H groups in total. The first-order valence-corrected chi connectivity index (χ1v) is 6.93. The molecule has 1 aromatic carbocycles. The summed E-state index contributed by atoms with van der Waals surface area (Å²) >= 11 is 5.85. The van der Waals surface area contributed by atoms with Crippen LogP contribution in [0.4, 0.5) is 0 Å². The molecule has 0 saturated heterocycles. The summed E-state index contributed by atoms with van der Waals surface area (Å²) in [6, 6.07) is 9.87. The highest BCUT2D eigenvalue weighted by molar-refractivity contribution is 6.17. The highest BCUT2D eigenvalue weighted by atomic mass is 35.5. The van der Waals surface area contributed by atoms with E-state index in [-0.39, 0.29) is 11.4 Å². The smallest absolute Gasteiger partial charge is 0.267 e. The van der Waals surface area contributed by atoms with E-state index in [1.807, 2.05) is 38.1 Å². The zero-order valence-corrected chi connectivity index (χ0v) is 11.9. The average Bonchev–Trinajstić information content (AvgIpc) is 2.42. The van der Waals surface area contributed by atoms with E-state index < -0.39 is 0 Å². The highest BCUT2D eigenvalue weighted by Gasteiger charge is 2.08. The van der Waals surface area contributed by atoms with Crippen LogP contribution in [0, 0.1) is 6.92 Å². The summed E-state index contributed by atoms with van der Waals surface area (Å²) in [6.45, 7) is 4.68. The molecular formula is C15H17ClN2O. The fourth-order valence-electron chi connectivity index (χ4n) is 1.92. The molecule has 0 saturated carbocycles. The van der Waals surface area contributed by atoms with Crippen molar-refractivity contribution < 1.29 is 0 Å². The van der Waals surface area contributed by atoms with Crippen LogP contribution in [0.1, 0.15) is 24.5 Å². The molecule has 100 valence electrons. The summed E-state index contributed by atoms with van der Waals surface area (Å²) in [5.41, 5.74) is 3.50. The first-order valence-electron chi connectivity index (χ1n) is 6.39. The SMILES string of the molecule is CCCn1nc(-c2ccc(C)cc2)cc(CCl)c1=O. The largest absolute Gasteiger partial charge is 0.271 e. The monoisotopic (exact) mass is 276 g/mol. The van der Waals surface area contributed by atoms with Crippen molar-refractivity contribution in [1.29, 1.82) is 0 Å². The Balaban J connectivity index is 2.54. The van der Waals surface area contributed by atoms with Crippen LogP contribution >= 0.6 is 11.6 Å². The quantitative estimate of drug-likeness (QED) is 0.803. The Morgan fingerprint density at radius 3 is 2.53 bits per heavy atom. The van der Waals surface area contributed by atoms with E-state index in [2.05, 4.69) is 5.10 Å².